The average molecular weight is 243 g/mol. The number of nitrogens with zero attached hydrogens (tertiary/aromatic N) is 1. The summed E-state index contributed by atoms with van der Waals surface area (Å²) in [6.07, 6.45) is 0. The molecule has 0 aromatic heterocycles. The van der Waals surface area contributed by atoms with E-state index < -0.39 is 0 Å². The van der Waals surface area contributed by atoms with Gasteiger partial charge in [-0.1, -0.05) is 18.2 Å². The van der Waals surface area contributed by atoms with Crippen molar-refractivity contribution in [2.45, 2.75) is 13.0 Å². The van der Waals surface area contributed by atoms with Crippen molar-refractivity contribution in [2.24, 2.45) is 4.99 Å². The molecule has 2 aromatic rings. The summed E-state index contributed by atoms with van der Waals surface area (Å²) in [6.45, 7) is 2.00. The van der Waals surface area contributed by atoms with Crippen molar-refractivity contribution in [3.63, 3.8) is 0 Å². The molecule has 0 fully saturated rings. The molecular formula is C14H13NOS. The molecule has 17 heavy (non-hydrogen) atoms. The number of hydrogen-bond donors (Lipinski definition) is 0. The number of isothiocyanates is 1. The molecule has 2 rings (SSSR count). The van der Waals surface area contributed by atoms with E-state index in [9.17, 15) is 0 Å². The van der Waals surface area contributed by atoms with E-state index in [-0.39, 0.29) is 6.04 Å². The van der Waals surface area contributed by atoms with Gasteiger partial charge in [0.2, 0.25) is 0 Å². The molecule has 3 heteroatoms. The number of hydrogen-bond acceptors (Lipinski definition) is 3. The first-order chi connectivity index (χ1) is 8.24. The quantitative estimate of drug-likeness (QED) is 0.600. The van der Waals surface area contributed by atoms with Crippen molar-refractivity contribution < 1.29 is 4.74 Å². The summed E-state index contributed by atoms with van der Waals surface area (Å²) < 4.78 is 5.20. The van der Waals surface area contributed by atoms with Crippen molar-refractivity contribution in [3.05, 3.63) is 42.0 Å². The van der Waals surface area contributed by atoms with Crippen molar-refractivity contribution >= 4 is 28.2 Å². The van der Waals surface area contributed by atoms with Crippen LogP contribution in [-0.2, 0) is 0 Å². The van der Waals surface area contributed by atoms with Gasteiger partial charge < -0.3 is 4.74 Å². The lowest BCUT2D eigenvalue weighted by molar-refractivity contribution is 0.415. The zero-order chi connectivity index (χ0) is 12.3. The summed E-state index contributed by atoms with van der Waals surface area (Å²) in [7, 11) is 1.67. The van der Waals surface area contributed by atoms with Gasteiger partial charge in [-0.2, -0.15) is 0 Å². The van der Waals surface area contributed by atoms with Crippen LogP contribution in [0.2, 0.25) is 0 Å². The minimum absolute atomic E-state index is 0.0546. The minimum atomic E-state index is 0.0546. The van der Waals surface area contributed by atoms with E-state index >= 15 is 0 Å². The van der Waals surface area contributed by atoms with Crippen molar-refractivity contribution in [1.29, 1.82) is 0 Å². The second-order valence-corrected chi connectivity index (χ2v) is 4.05. The fraction of sp³-hybridized carbons (Fsp3) is 0.214. The Morgan fingerprint density at radius 2 is 1.88 bits per heavy atom. The van der Waals surface area contributed by atoms with Gasteiger partial charge in [0.1, 0.15) is 5.75 Å². The van der Waals surface area contributed by atoms with E-state index in [4.69, 9.17) is 4.74 Å². The molecule has 0 radical (unpaired) electrons. The van der Waals surface area contributed by atoms with Gasteiger partial charge >= 0.3 is 0 Å². The van der Waals surface area contributed by atoms with Gasteiger partial charge in [-0.15, -0.1) is 0 Å². The number of ether oxygens (including phenoxy) is 1. The Morgan fingerprint density at radius 1 is 1.18 bits per heavy atom. The zero-order valence-corrected chi connectivity index (χ0v) is 10.6. The van der Waals surface area contributed by atoms with E-state index in [0.717, 1.165) is 16.7 Å². The molecule has 86 valence electrons. The molecule has 0 aliphatic heterocycles. The topological polar surface area (TPSA) is 21.6 Å². The molecule has 0 bridgehead atoms. The predicted octanol–water partition coefficient (Wildman–Crippen LogP) is 4.01. The van der Waals surface area contributed by atoms with Gasteiger partial charge in [0.25, 0.3) is 0 Å². The summed E-state index contributed by atoms with van der Waals surface area (Å²) in [5.41, 5.74) is 1.14. The van der Waals surface area contributed by atoms with Crippen LogP contribution in [0.25, 0.3) is 10.8 Å². The lowest BCUT2D eigenvalue weighted by atomic mass is 10.0. The molecule has 1 atom stereocenters. The molecule has 0 saturated carbocycles. The van der Waals surface area contributed by atoms with Gasteiger partial charge in [0.15, 0.2) is 0 Å². The molecule has 0 spiro atoms. The van der Waals surface area contributed by atoms with Crippen LogP contribution in [0.4, 0.5) is 0 Å². The smallest absolute Gasteiger partial charge is 0.119 e. The van der Waals surface area contributed by atoms with Crippen molar-refractivity contribution in [1.82, 2.24) is 0 Å². The highest BCUT2D eigenvalue weighted by molar-refractivity contribution is 7.78. The van der Waals surface area contributed by atoms with Gasteiger partial charge in [0, 0.05) is 0 Å². The van der Waals surface area contributed by atoms with Crippen LogP contribution >= 0.6 is 12.2 Å². The van der Waals surface area contributed by atoms with E-state index in [1.807, 2.05) is 25.1 Å². The maximum absolute atomic E-state index is 5.20. The third-order valence-corrected chi connectivity index (χ3v) is 2.91. The highest BCUT2D eigenvalue weighted by Crippen LogP contribution is 2.25. The number of methoxy groups -OCH3 is 1. The molecule has 0 aliphatic rings. The van der Waals surface area contributed by atoms with Crippen LogP contribution in [0.3, 0.4) is 0 Å². The number of thiocarbonyl (C=S) groups is 1. The monoisotopic (exact) mass is 243 g/mol. The van der Waals surface area contributed by atoms with Crippen molar-refractivity contribution in [3.8, 4) is 5.75 Å². The fourth-order valence-electron chi connectivity index (χ4n) is 1.78. The summed E-state index contributed by atoms with van der Waals surface area (Å²) >= 11 is 4.62. The number of fused-ring (bicyclic) bond motifs is 1. The second-order valence-electron chi connectivity index (χ2n) is 3.87. The van der Waals surface area contributed by atoms with Gasteiger partial charge in [-0.3, -0.25) is 0 Å². The standard InChI is InChI=1S/C14H13NOS/c1-10(15-9-17)11-3-4-13-8-14(16-2)6-5-12(13)7-11/h3-8,10H,1-2H3. The molecule has 0 aliphatic carbocycles. The first-order valence-electron chi connectivity index (χ1n) is 5.39. The largest absolute Gasteiger partial charge is 0.497 e. The molecule has 0 N–H and O–H groups in total. The highest BCUT2D eigenvalue weighted by atomic mass is 32.1. The van der Waals surface area contributed by atoms with E-state index in [1.54, 1.807) is 7.11 Å². The molecule has 0 heterocycles. The molecular weight excluding hydrogens is 230 g/mol. The maximum Gasteiger partial charge on any atom is 0.119 e. The third-order valence-electron chi connectivity index (χ3n) is 2.80. The third kappa shape index (κ3) is 2.52. The number of rotatable bonds is 3. The van der Waals surface area contributed by atoms with Crippen LogP contribution in [0.15, 0.2) is 41.4 Å². The minimum Gasteiger partial charge on any atom is -0.497 e. The number of aliphatic imine (C=N–C) groups is 1. The number of benzene rings is 2. The Hall–Kier alpha value is -1.70. The summed E-state index contributed by atoms with van der Waals surface area (Å²) in [5.74, 6) is 0.871. The van der Waals surface area contributed by atoms with Gasteiger partial charge in [-0.05, 0) is 53.7 Å². The van der Waals surface area contributed by atoms with Crippen LogP contribution in [0.1, 0.15) is 18.5 Å². The van der Waals surface area contributed by atoms with E-state index in [0.29, 0.717) is 0 Å². The second kappa shape index (κ2) is 5.09. The van der Waals surface area contributed by atoms with Crippen LogP contribution in [-0.4, -0.2) is 12.3 Å². The Labute approximate surface area is 106 Å². The molecule has 0 saturated heterocycles. The molecule has 1 unspecified atom stereocenters. The molecule has 2 nitrogen and oxygen atoms in total. The van der Waals surface area contributed by atoms with Gasteiger partial charge in [-0.25, -0.2) is 4.99 Å². The van der Waals surface area contributed by atoms with Crippen LogP contribution < -0.4 is 4.74 Å². The maximum atomic E-state index is 5.20. The molecule has 0 amide bonds. The summed E-state index contributed by atoms with van der Waals surface area (Å²) in [5, 5.41) is 4.76. The van der Waals surface area contributed by atoms with E-state index in [1.165, 1.54) is 5.39 Å². The first kappa shape index (κ1) is 11.8. The Bertz CT molecular complexity index is 588. The predicted molar refractivity (Wildman–Crippen MR) is 73.9 cm³/mol. The molecule has 2 aromatic carbocycles. The van der Waals surface area contributed by atoms with Crippen molar-refractivity contribution in [2.75, 3.05) is 7.11 Å². The lowest BCUT2D eigenvalue weighted by Crippen LogP contribution is -1.89. The normalized spacial score (nSPS) is 11.9. The zero-order valence-electron chi connectivity index (χ0n) is 9.81. The fourth-order valence-corrected chi connectivity index (χ4v) is 1.94. The van der Waals surface area contributed by atoms with Gasteiger partial charge in [0.05, 0.1) is 18.3 Å². The van der Waals surface area contributed by atoms with Crippen LogP contribution in [0.5, 0.6) is 5.75 Å². The highest BCUT2D eigenvalue weighted by Gasteiger charge is 2.04. The Kier molecular flexibility index (Phi) is 3.52. The lowest BCUT2D eigenvalue weighted by Gasteiger charge is -2.07. The Balaban J connectivity index is 2.48. The Morgan fingerprint density at radius 3 is 2.59 bits per heavy atom. The SMILES string of the molecule is COc1ccc2cc(C(C)N=C=S)ccc2c1. The average Bonchev–Trinajstić information content (AvgIpc) is 2.37. The van der Waals surface area contributed by atoms with E-state index in [2.05, 4.69) is 40.6 Å². The summed E-state index contributed by atoms with van der Waals surface area (Å²) in [4.78, 5) is 4.08. The first-order valence-corrected chi connectivity index (χ1v) is 5.80. The van der Waals surface area contributed by atoms with Crippen LogP contribution in [0, 0.1) is 0 Å². The summed E-state index contributed by atoms with van der Waals surface area (Å²) in [6, 6.07) is 12.3.